The fraction of sp³-hybridized carbons (Fsp3) is 0.0909. The Kier molecular flexibility index (Phi) is 3.07. The first-order valence-corrected chi connectivity index (χ1v) is 7.23. The van der Waals surface area contributed by atoms with Crippen molar-refractivity contribution in [3.05, 3.63) is 38.4 Å². The zero-order chi connectivity index (χ0) is 14.3. The first-order chi connectivity index (χ1) is 9.56. The van der Waals surface area contributed by atoms with Crippen LogP contribution in [0.5, 0.6) is 0 Å². The Morgan fingerprint density at radius 2 is 2.20 bits per heavy atom. The molecule has 0 saturated carbocycles. The highest BCUT2D eigenvalue weighted by atomic mass is 32.2. The van der Waals surface area contributed by atoms with Gasteiger partial charge in [-0.25, -0.2) is 4.98 Å². The van der Waals surface area contributed by atoms with Crippen LogP contribution in [0.3, 0.4) is 0 Å². The molecule has 102 valence electrons. The minimum atomic E-state index is -0.820. The zero-order valence-electron chi connectivity index (χ0n) is 10.3. The van der Waals surface area contributed by atoms with Gasteiger partial charge in [-0.1, -0.05) is 0 Å². The standard InChI is InChI=1S/C11H9N5O2S2/c1-16-11(14-9(17)10(18)15-16)20-5-2-3-6-8(7(5)12)13-4-19-6/h2-4H,12H2,1H3,(H,15,18). The summed E-state index contributed by atoms with van der Waals surface area (Å²) < 4.78 is 2.38. The zero-order valence-corrected chi connectivity index (χ0v) is 11.9. The van der Waals surface area contributed by atoms with Gasteiger partial charge in [-0.2, -0.15) is 4.98 Å². The molecule has 0 aliphatic carbocycles. The van der Waals surface area contributed by atoms with Crippen LogP contribution in [0.25, 0.3) is 10.2 Å². The summed E-state index contributed by atoms with van der Waals surface area (Å²) in [5.74, 6) is 0. The van der Waals surface area contributed by atoms with Crippen molar-refractivity contribution in [2.24, 2.45) is 7.05 Å². The van der Waals surface area contributed by atoms with Gasteiger partial charge in [0.05, 0.1) is 15.9 Å². The van der Waals surface area contributed by atoms with E-state index < -0.39 is 11.1 Å². The van der Waals surface area contributed by atoms with Gasteiger partial charge in [0.25, 0.3) is 0 Å². The number of nitrogens with one attached hydrogen (secondary N) is 1. The van der Waals surface area contributed by atoms with Crippen molar-refractivity contribution in [2.45, 2.75) is 10.1 Å². The lowest BCUT2D eigenvalue weighted by Crippen LogP contribution is -2.33. The summed E-state index contributed by atoms with van der Waals surface area (Å²) in [5.41, 5.74) is 7.49. The predicted molar refractivity (Wildman–Crippen MR) is 78.3 cm³/mol. The van der Waals surface area contributed by atoms with Crippen molar-refractivity contribution in [2.75, 3.05) is 5.73 Å². The van der Waals surface area contributed by atoms with E-state index in [4.69, 9.17) is 5.73 Å². The SMILES string of the molecule is Cn1[nH]c(=O)c(=O)nc1Sc1ccc2scnc2c1N. The van der Waals surface area contributed by atoms with Crippen LogP contribution in [0.15, 0.2) is 37.3 Å². The topological polar surface area (TPSA) is 107 Å². The Balaban J connectivity index is 2.09. The molecular weight excluding hydrogens is 298 g/mol. The van der Waals surface area contributed by atoms with E-state index >= 15 is 0 Å². The van der Waals surface area contributed by atoms with Crippen LogP contribution in [0.2, 0.25) is 0 Å². The number of nitrogens with zero attached hydrogens (tertiary/aromatic N) is 3. The summed E-state index contributed by atoms with van der Waals surface area (Å²) in [7, 11) is 1.60. The normalized spacial score (nSPS) is 11.1. The quantitative estimate of drug-likeness (QED) is 0.536. The molecule has 2 heterocycles. The van der Waals surface area contributed by atoms with E-state index in [0.717, 1.165) is 15.1 Å². The molecule has 1 aromatic carbocycles. The van der Waals surface area contributed by atoms with Crippen molar-refractivity contribution in [3.8, 4) is 0 Å². The van der Waals surface area contributed by atoms with Gasteiger partial charge in [0, 0.05) is 11.9 Å². The average molecular weight is 307 g/mol. The van der Waals surface area contributed by atoms with Crippen LogP contribution < -0.4 is 16.9 Å². The molecule has 0 amide bonds. The summed E-state index contributed by atoms with van der Waals surface area (Å²) in [6.07, 6.45) is 0. The largest absolute Gasteiger partial charge is 0.396 e. The van der Waals surface area contributed by atoms with Gasteiger partial charge in [-0.15, -0.1) is 11.3 Å². The Bertz CT molecular complexity index is 911. The second-order valence-corrected chi connectivity index (χ2v) is 5.87. The maximum absolute atomic E-state index is 11.3. The number of nitrogen functional groups attached to an aromatic ring is 1. The third kappa shape index (κ3) is 2.10. The van der Waals surface area contributed by atoms with Crippen LogP contribution in [-0.2, 0) is 7.05 Å². The molecule has 0 unspecified atom stereocenters. The minimum Gasteiger partial charge on any atom is -0.396 e. The number of hydrogen-bond donors (Lipinski definition) is 2. The van der Waals surface area contributed by atoms with Crippen molar-refractivity contribution in [1.82, 2.24) is 19.7 Å². The van der Waals surface area contributed by atoms with Crippen molar-refractivity contribution in [3.63, 3.8) is 0 Å². The highest BCUT2D eigenvalue weighted by Gasteiger charge is 2.11. The Labute approximate surface area is 120 Å². The van der Waals surface area contributed by atoms with Crippen LogP contribution in [0, 0.1) is 0 Å². The van der Waals surface area contributed by atoms with Gasteiger partial charge >= 0.3 is 11.1 Å². The van der Waals surface area contributed by atoms with Crippen molar-refractivity contribution < 1.29 is 0 Å². The molecule has 0 aliphatic heterocycles. The van der Waals surface area contributed by atoms with E-state index in [-0.39, 0.29) is 0 Å². The number of aryl methyl sites for hydroxylation is 1. The molecule has 0 spiro atoms. The Morgan fingerprint density at radius 1 is 1.40 bits per heavy atom. The summed E-state index contributed by atoms with van der Waals surface area (Å²) in [5, 5.41) is 2.75. The molecule has 3 rings (SSSR count). The molecule has 7 nitrogen and oxygen atoms in total. The van der Waals surface area contributed by atoms with Gasteiger partial charge in [0.2, 0.25) is 0 Å². The molecule has 3 N–H and O–H groups in total. The second-order valence-electron chi connectivity index (χ2n) is 3.98. The number of anilines is 1. The fourth-order valence-corrected chi connectivity index (χ4v) is 3.22. The number of rotatable bonds is 2. The van der Waals surface area contributed by atoms with E-state index in [1.54, 1.807) is 12.6 Å². The van der Waals surface area contributed by atoms with Gasteiger partial charge < -0.3 is 5.73 Å². The average Bonchev–Trinajstić information content (AvgIpc) is 2.88. The number of nitrogens with two attached hydrogens (primary N) is 1. The number of benzene rings is 1. The predicted octanol–water partition coefficient (Wildman–Crippen LogP) is 0.812. The highest BCUT2D eigenvalue weighted by molar-refractivity contribution is 7.99. The van der Waals surface area contributed by atoms with Crippen LogP contribution in [-0.4, -0.2) is 19.7 Å². The first-order valence-electron chi connectivity index (χ1n) is 5.53. The Morgan fingerprint density at radius 3 is 3.00 bits per heavy atom. The molecule has 0 bridgehead atoms. The monoisotopic (exact) mass is 307 g/mol. The van der Waals surface area contributed by atoms with Crippen LogP contribution in [0.4, 0.5) is 5.69 Å². The minimum absolute atomic E-state index is 0.357. The van der Waals surface area contributed by atoms with E-state index in [0.29, 0.717) is 10.8 Å². The van der Waals surface area contributed by atoms with Crippen molar-refractivity contribution in [1.29, 1.82) is 0 Å². The molecule has 9 heteroatoms. The van der Waals surface area contributed by atoms with Gasteiger partial charge in [0.15, 0.2) is 5.16 Å². The number of H-pyrrole nitrogens is 1. The van der Waals surface area contributed by atoms with Gasteiger partial charge in [0.1, 0.15) is 5.52 Å². The molecule has 20 heavy (non-hydrogen) atoms. The van der Waals surface area contributed by atoms with E-state index in [1.807, 2.05) is 12.1 Å². The summed E-state index contributed by atoms with van der Waals surface area (Å²) in [4.78, 5) is 31.1. The number of thiazole rings is 1. The number of hydrogen-bond acceptors (Lipinski definition) is 7. The van der Waals surface area contributed by atoms with E-state index in [2.05, 4.69) is 15.1 Å². The smallest absolute Gasteiger partial charge is 0.339 e. The van der Waals surface area contributed by atoms with Crippen LogP contribution in [0.1, 0.15) is 0 Å². The lowest BCUT2D eigenvalue weighted by atomic mass is 10.3. The van der Waals surface area contributed by atoms with E-state index in [1.165, 1.54) is 27.8 Å². The summed E-state index contributed by atoms with van der Waals surface area (Å²) >= 11 is 2.71. The molecule has 3 aromatic rings. The van der Waals surface area contributed by atoms with Crippen molar-refractivity contribution >= 4 is 39.0 Å². The fourth-order valence-electron chi connectivity index (χ4n) is 1.67. The molecule has 0 atom stereocenters. The third-order valence-corrected chi connectivity index (χ3v) is 4.57. The molecule has 0 fully saturated rings. The lowest BCUT2D eigenvalue weighted by Gasteiger charge is -2.08. The molecule has 0 saturated heterocycles. The maximum Gasteiger partial charge on any atom is 0.339 e. The molecule has 0 radical (unpaired) electrons. The number of aromatic nitrogens is 4. The highest BCUT2D eigenvalue weighted by Crippen LogP contribution is 2.35. The second kappa shape index (κ2) is 4.76. The molecular formula is C11H9N5O2S2. The first kappa shape index (κ1) is 12.9. The molecule has 0 aliphatic rings. The molecule has 2 aromatic heterocycles. The Hall–Kier alpha value is -2.13. The number of fused-ring (bicyclic) bond motifs is 1. The number of aromatic amines is 1. The summed E-state index contributed by atoms with van der Waals surface area (Å²) in [6.45, 7) is 0. The van der Waals surface area contributed by atoms with Crippen LogP contribution >= 0.6 is 23.1 Å². The maximum atomic E-state index is 11.3. The lowest BCUT2D eigenvalue weighted by molar-refractivity contribution is 0.596. The van der Waals surface area contributed by atoms with E-state index in [9.17, 15) is 9.59 Å². The summed E-state index contributed by atoms with van der Waals surface area (Å²) in [6, 6.07) is 3.76. The van der Waals surface area contributed by atoms with Gasteiger partial charge in [-0.3, -0.25) is 19.4 Å². The van der Waals surface area contributed by atoms with Gasteiger partial charge in [-0.05, 0) is 23.9 Å². The third-order valence-electron chi connectivity index (χ3n) is 2.65.